The first-order valence-electron chi connectivity index (χ1n) is 5.57. The Bertz CT molecular complexity index is 274. The number of thioether (sulfide) groups is 1. The summed E-state index contributed by atoms with van der Waals surface area (Å²) in [4.78, 5) is 24.8. The van der Waals surface area contributed by atoms with Crippen molar-refractivity contribution in [3.05, 3.63) is 0 Å². The van der Waals surface area contributed by atoms with Gasteiger partial charge in [0, 0.05) is 17.8 Å². The molecule has 2 amide bonds. The predicted molar refractivity (Wildman–Crippen MR) is 66.4 cm³/mol. The molecule has 16 heavy (non-hydrogen) atoms. The molecule has 0 aromatic rings. The number of hydrogen-bond acceptors (Lipinski definition) is 3. The van der Waals surface area contributed by atoms with Gasteiger partial charge < -0.3 is 10.2 Å². The van der Waals surface area contributed by atoms with Crippen LogP contribution in [0.15, 0.2) is 0 Å². The lowest BCUT2D eigenvalue weighted by Crippen LogP contribution is -2.38. The first-order chi connectivity index (χ1) is 7.38. The Morgan fingerprint density at radius 1 is 1.50 bits per heavy atom. The fourth-order valence-corrected chi connectivity index (χ4v) is 2.13. The summed E-state index contributed by atoms with van der Waals surface area (Å²) in [7, 11) is 0. The number of amides is 2. The van der Waals surface area contributed by atoms with Crippen molar-refractivity contribution in [1.82, 2.24) is 10.2 Å². The summed E-state index contributed by atoms with van der Waals surface area (Å²) < 4.78 is 0.0871. The minimum Gasteiger partial charge on any atom is -0.354 e. The number of carbonyl (C=O) groups is 2. The monoisotopic (exact) mass is 244 g/mol. The van der Waals surface area contributed by atoms with Gasteiger partial charge in [0.1, 0.15) is 0 Å². The van der Waals surface area contributed by atoms with Crippen LogP contribution < -0.4 is 5.32 Å². The SMILES string of the molecule is CC(C)(C)SCC(=O)N1CCCNC(=O)C1. The molecule has 0 radical (unpaired) electrons. The van der Waals surface area contributed by atoms with E-state index >= 15 is 0 Å². The van der Waals surface area contributed by atoms with Gasteiger partial charge in [-0.25, -0.2) is 0 Å². The average Bonchev–Trinajstić information content (AvgIpc) is 2.38. The molecule has 0 unspecified atom stereocenters. The topological polar surface area (TPSA) is 49.4 Å². The smallest absolute Gasteiger partial charge is 0.239 e. The highest BCUT2D eigenvalue weighted by atomic mass is 32.2. The van der Waals surface area contributed by atoms with Gasteiger partial charge >= 0.3 is 0 Å². The molecule has 0 spiro atoms. The van der Waals surface area contributed by atoms with Gasteiger partial charge in [0.2, 0.25) is 11.8 Å². The summed E-state index contributed by atoms with van der Waals surface area (Å²) >= 11 is 1.62. The van der Waals surface area contributed by atoms with Gasteiger partial charge in [-0.2, -0.15) is 0 Å². The Kier molecular flexibility index (Phi) is 4.65. The fraction of sp³-hybridized carbons (Fsp3) is 0.818. The first kappa shape index (κ1) is 13.4. The van der Waals surface area contributed by atoms with E-state index in [1.54, 1.807) is 16.7 Å². The zero-order valence-corrected chi connectivity index (χ0v) is 11.0. The lowest BCUT2D eigenvalue weighted by atomic mass is 10.3. The first-order valence-corrected chi connectivity index (χ1v) is 6.55. The Labute approximate surface area is 101 Å². The van der Waals surface area contributed by atoms with Crippen LogP contribution in [0.3, 0.4) is 0 Å². The summed E-state index contributed by atoms with van der Waals surface area (Å²) in [6.07, 6.45) is 0.845. The maximum Gasteiger partial charge on any atom is 0.239 e. The normalized spacial score (nSPS) is 17.9. The number of nitrogens with one attached hydrogen (secondary N) is 1. The number of nitrogens with zero attached hydrogens (tertiary/aromatic N) is 1. The van der Waals surface area contributed by atoms with E-state index in [2.05, 4.69) is 26.1 Å². The summed E-state index contributed by atoms with van der Waals surface area (Å²) in [5.74, 6) is 0.472. The Hall–Kier alpha value is -0.710. The predicted octanol–water partition coefficient (Wildman–Crippen LogP) is 0.867. The maximum absolute atomic E-state index is 11.9. The summed E-state index contributed by atoms with van der Waals surface area (Å²) in [5.41, 5.74) is 0. The van der Waals surface area contributed by atoms with Crippen LogP contribution in [-0.4, -0.2) is 46.8 Å². The van der Waals surface area contributed by atoms with Gasteiger partial charge in [-0.3, -0.25) is 9.59 Å². The maximum atomic E-state index is 11.9. The van der Waals surface area contributed by atoms with E-state index in [1.165, 1.54) is 0 Å². The van der Waals surface area contributed by atoms with Crippen molar-refractivity contribution in [1.29, 1.82) is 0 Å². The summed E-state index contributed by atoms with van der Waals surface area (Å²) in [5, 5.41) is 2.76. The van der Waals surface area contributed by atoms with E-state index in [0.717, 1.165) is 6.42 Å². The van der Waals surface area contributed by atoms with E-state index < -0.39 is 0 Å². The second-order valence-corrected chi connectivity index (χ2v) is 6.72. The van der Waals surface area contributed by atoms with Crippen LogP contribution in [0.25, 0.3) is 0 Å². The molecule has 0 saturated carbocycles. The molecule has 1 fully saturated rings. The second kappa shape index (κ2) is 5.57. The average molecular weight is 244 g/mol. The van der Waals surface area contributed by atoms with Gasteiger partial charge in [0.15, 0.2) is 0 Å². The van der Waals surface area contributed by atoms with Crippen molar-refractivity contribution in [2.45, 2.75) is 31.9 Å². The Morgan fingerprint density at radius 2 is 2.19 bits per heavy atom. The molecule has 0 aromatic heterocycles. The third-order valence-corrected chi connectivity index (χ3v) is 3.50. The van der Waals surface area contributed by atoms with E-state index in [4.69, 9.17) is 0 Å². The van der Waals surface area contributed by atoms with E-state index in [0.29, 0.717) is 18.8 Å². The zero-order chi connectivity index (χ0) is 12.2. The molecule has 0 bridgehead atoms. The van der Waals surface area contributed by atoms with Crippen LogP contribution in [-0.2, 0) is 9.59 Å². The van der Waals surface area contributed by atoms with E-state index in [1.807, 2.05) is 0 Å². The molecular formula is C11H20N2O2S. The molecule has 1 aliphatic rings. The van der Waals surface area contributed by atoms with Crippen molar-refractivity contribution in [3.8, 4) is 0 Å². The molecule has 1 heterocycles. The highest BCUT2D eigenvalue weighted by Crippen LogP contribution is 2.23. The van der Waals surface area contributed by atoms with E-state index in [9.17, 15) is 9.59 Å². The molecule has 1 rings (SSSR count). The van der Waals surface area contributed by atoms with Crippen molar-refractivity contribution in [2.75, 3.05) is 25.4 Å². The lowest BCUT2D eigenvalue weighted by molar-refractivity contribution is -0.133. The Balaban J connectivity index is 2.43. The molecule has 1 saturated heterocycles. The van der Waals surface area contributed by atoms with Crippen LogP contribution >= 0.6 is 11.8 Å². The van der Waals surface area contributed by atoms with Gasteiger partial charge in [-0.05, 0) is 6.42 Å². The minimum atomic E-state index is -0.0494. The minimum absolute atomic E-state index is 0.0494. The van der Waals surface area contributed by atoms with Crippen molar-refractivity contribution in [2.24, 2.45) is 0 Å². The fourth-order valence-electron chi connectivity index (χ4n) is 1.39. The van der Waals surface area contributed by atoms with Crippen molar-refractivity contribution < 1.29 is 9.59 Å². The largest absolute Gasteiger partial charge is 0.354 e. The Morgan fingerprint density at radius 3 is 2.81 bits per heavy atom. The van der Waals surface area contributed by atoms with Gasteiger partial charge in [0.05, 0.1) is 12.3 Å². The highest BCUT2D eigenvalue weighted by Gasteiger charge is 2.21. The van der Waals surface area contributed by atoms with Crippen LogP contribution in [0.2, 0.25) is 0 Å². The molecule has 1 aliphatic heterocycles. The third-order valence-electron chi connectivity index (χ3n) is 2.24. The van der Waals surface area contributed by atoms with Gasteiger partial charge in [-0.15, -0.1) is 11.8 Å². The molecule has 0 atom stereocenters. The zero-order valence-electron chi connectivity index (χ0n) is 10.2. The molecule has 0 aromatic carbocycles. The summed E-state index contributed by atoms with van der Waals surface area (Å²) in [6, 6.07) is 0. The number of hydrogen-bond donors (Lipinski definition) is 1. The molecule has 4 nitrogen and oxygen atoms in total. The molecule has 1 N–H and O–H groups in total. The van der Waals surface area contributed by atoms with E-state index in [-0.39, 0.29) is 23.1 Å². The van der Waals surface area contributed by atoms with Crippen molar-refractivity contribution in [3.63, 3.8) is 0 Å². The second-order valence-electron chi connectivity index (χ2n) is 4.92. The van der Waals surface area contributed by atoms with Crippen LogP contribution in [0.4, 0.5) is 0 Å². The van der Waals surface area contributed by atoms with Crippen molar-refractivity contribution >= 4 is 23.6 Å². The number of rotatable bonds is 2. The third kappa shape index (κ3) is 4.88. The van der Waals surface area contributed by atoms with Crippen LogP contribution in [0, 0.1) is 0 Å². The van der Waals surface area contributed by atoms with Crippen LogP contribution in [0.5, 0.6) is 0 Å². The lowest BCUT2D eigenvalue weighted by Gasteiger charge is -2.22. The molecule has 5 heteroatoms. The van der Waals surface area contributed by atoms with Crippen LogP contribution in [0.1, 0.15) is 27.2 Å². The molecule has 92 valence electrons. The van der Waals surface area contributed by atoms with Gasteiger partial charge in [-0.1, -0.05) is 20.8 Å². The molecular weight excluding hydrogens is 224 g/mol. The standard InChI is InChI=1S/C11H20N2O2S/c1-11(2,3)16-8-10(15)13-6-4-5-12-9(14)7-13/h4-8H2,1-3H3,(H,12,14). The van der Waals surface area contributed by atoms with Gasteiger partial charge in [0.25, 0.3) is 0 Å². The quantitative estimate of drug-likeness (QED) is 0.784. The summed E-state index contributed by atoms with van der Waals surface area (Å²) in [6.45, 7) is 7.82. The number of carbonyl (C=O) groups excluding carboxylic acids is 2. The highest BCUT2D eigenvalue weighted by molar-refractivity contribution is 8.01. The molecule has 0 aliphatic carbocycles.